The van der Waals surface area contributed by atoms with Crippen molar-refractivity contribution in [3.05, 3.63) is 90.1 Å². The van der Waals surface area contributed by atoms with E-state index in [2.05, 4.69) is 31.3 Å². The molecule has 6 rings (SSSR count). The van der Waals surface area contributed by atoms with Crippen molar-refractivity contribution in [2.45, 2.75) is 18.9 Å². The second kappa shape index (κ2) is 8.08. The number of rotatable bonds is 4. The largest absolute Gasteiger partial charge is 0.443 e. The van der Waals surface area contributed by atoms with Crippen molar-refractivity contribution in [2.75, 3.05) is 5.73 Å². The van der Waals surface area contributed by atoms with Crippen LogP contribution in [0.4, 0.5) is 5.82 Å². The Morgan fingerprint density at radius 1 is 1.00 bits per heavy atom. The van der Waals surface area contributed by atoms with E-state index >= 15 is 0 Å². The van der Waals surface area contributed by atoms with Crippen LogP contribution in [-0.4, -0.2) is 25.8 Å². The maximum Gasteiger partial charge on any atom is 0.274 e. The summed E-state index contributed by atoms with van der Waals surface area (Å²) in [5.74, 6) is -0.0743. The number of oxazole rings is 1. The number of benzene rings is 2. The Hall–Kier alpha value is -4.59. The summed E-state index contributed by atoms with van der Waals surface area (Å²) in [4.78, 5) is 31.1. The van der Waals surface area contributed by atoms with Crippen LogP contribution in [0.25, 0.3) is 33.7 Å². The molecule has 0 radical (unpaired) electrons. The van der Waals surface area contributed by atoms with E-state index in [4.69, 9.17) is 10.2 Å². The molecular formula is C26H20N6O2. The molecule has 0 fully saturated rings. The molecule has 0 saturated heterocycles. The predicted molar refractivity (Wildman–Crippen MR) is 128 cm³/mol. The Morgan fingerprint density at radius 2 is 1.91 bits per heavy atom. The molecule has 0 saturated carbocycles. The second-order valence-corrected chi connectivity index (χ2v) is 8.17. The predicted octanol–water partition coefficient (Wildman–Crippen LogP) is 4.35. The molecule has 1 atom stereocenters. The maximum atomic E-state index is 13.3. The first-order valence-electron chi connectivity index (χ1n) is 11.0. The lowest BCUT2D eigenvalue weighted by Gasteiger charge is -2.16. The number of nitrogens with one attached hydrogen (secondary N) is 1. The number of nitrogens with zero attached hydrogens (tertiary/aromatic N) is 4. The van der Waals surface area contributed by atoms with Crippen LogP contribution < -0.4 is 11.1 Å². The molecule has 2 aromatic carbocycles. The van der Waals surface area contributed by atoms with Crippen molar-refractivity contribution in [1.29, 1.82) is 0 Å². The zero-order valence-electron chi connectivity index (χ0n) is 18.1. The third kappa shape index (κ3) is 3.45. The van der Waals surface area contributed by atoms with Gasteiger partial charge in [0.15, 0.2) is 17.2 Å². The number of nitrogens with two attached hydrogens (primary N) is 1. The van der Waals surface area contributed by atoms with Gasteiger partial charge in [0.25, 0.3) is 5.91 Å². The number of hydrogen-bond donors (Lipinski definition) is 2. The molecule has 1 aliphatic carbocycles. The van der Waals surface area contributed by atoms with E-state index in [-0.39, 0.29) is 29.4 Å². The zero-order chi connectivity index (χ0) is 23.1. The minimum atomic E-state index is -0.366. The molecule has 8 heteroatoms. The highest BCUT2D eigenvalue weighted by Crippen LogP contribution is 2.33. The summed E-state index contributed by atoms with van der Waals surface area (Å²) < 4.78 is 5.49. The molecule has 3 heterocycles. The second-order valence-electron chi connectivity index (χ2n) is 8.17. The van der Waals surface area contributed by atoms with Gasteiger partial charge in [-0.05, 0) is 42.2 Å². The van der Waals surface area contributed by atoms with E-state index in [0.717, 1.165) is 34.9 Å². The molecule has 1 amide bonds. The molecule has 0 unspecified atom stereocenters. The molecule has 0 aliphatic heterocycles. The fourth-order valence-corrected chi connectivity index (χ4v) is 4.46. The molecule has 0 spiro atoms. The smallest absolute Gasteiger partial charge is 0.274 e. The van der Waals surface area contributed by atoms with E-state index in [1.165, 1.54) is 18.0 Å². The maximum absolute atomic E-state index is 13.3. The number of carbonyl (C=O) groups is 1. The number of anilines is 1. The summed E-state index contributed by atoms with van der Waals surface area (Å²) in [6, 6.07) is 17.6. The Balaban J connectivity index is 1.43. The first kappa shape index (κ1) is 20.0. The fraction of sp³-hybridized carbons (Fsp3) is 0.115. The highest BCUT2D eigenvalue weighted by molar-refractivity contribution is 5.98. The van der Waals surface area contributed by atoms with Crippen molar-refractivity contribution in [3.63, 3.8) is 0 Å². The number of nitrogen functional groups attached to an aromatic ring is 1. The molecule has 3 aromatic heterocycles. The van der Waals surface area contributed by atoms with E-state index in [9.17, 15) is 4.79 Å². The van der Waals surface area contributed by atoms with Crippen LogP contribution in [-0.2, 0) is 6.42 Å². The van der Waals surface area contributed by atoms with Crippen molar-refractivity contribution in [1.82, 2.24) is 25.3 Å². The van der Waals surface area contributed by atoms with E-state index in [1.54, 1.807) is 6.20 Å². The first-order chi connectivity index (χ1) is 16.7. The summed E-state index contributed by atoms with van der Waals surface area (Å²) in [7, 11) is 0. The van der Waals surface area contributed by atoms with Gasteiger partial charge in [0.1, 0.15) is 12.0 Å². The fourth-order valence-electron chi connectivity index (χ4n) is 4.46. The van der Waals surface area contributed by atoms with Gasteiger partial charge in [0.05, 0.1) is 17.8 Å². The average molecular weight is 448 g/mol. The molecule has 34 heavy (non-hydrogen) atoms. The summed E-state index contributed by atoms with van der Waals surface area (Å²) in [5.41, 5.74) is 11.1. The Kier molecular flexibility index (Phi) is 4.76. The van der Waals surface area contributed by atoms with Gasteiger partial charge in [0, 0.05) is 17.1 Å². The molecule has 5 aromatic rings. The minimum absolute atomic E-state index is 0.0168. The van der Waals surface area contributed by atoms with Gasteiger partial charge in [-0.1, -0.05) is 36.4 Å². The number of pyridine rings is 1. The number of hydrogen-bond acceptors (Lipinski definition) is 7. The summed E-state index contributed by atoms with van der Waals surface area (Å²) in [6.45, 7) is 0. The Bertz CT molecular complexity index is 1530. The lowest BCUT2D eigenvalue weighted by atomic mass is 10.1. The molecule has 8 nitrogen and oxygen atoms in total. The van der Waals surface area contributed by atoms with E-state index in [1.807, 2.05) is 48.5 Å². The van der Waals surface area contributed by atoms with Crippen LogP contribution in [0.2, 0.25) is 0 Å². The highest BCUT2D eigenvalue weighted by Gasteiger charge is 2.27. The molecule has 0 bridgehead atoms. The van der Waals surface area contributed by atoms with Gasteiger partial charge in [-0.25, -0.2) is 15.0 Å². The van der Waals surface area contributed by atoms with Crippen LogP contribution in [0.1, 0.15) is 34.1 Å². The van der Waals surface area contributed by atoms with Crippen LogP contribution >= 0.6 is 0 Å². The van der Waals surface area contributed by atoms with Gasteiger partial charge in [-0.2, -0.15) is 0 Å². The average Bonchev–Trinajstić information content (AvgIpc) is 3.54. The molecule has 1 aliphatic rings. The van der Waals surface area contributed by atoms with Crippen LogP contribution in [0, 0.1) is 0 Å². The van der Waals surface area contributed by atoms with E-state index in [0.29, 0.717) is 11.4 Å². The zero-order valence-corrected chi connectivity index (χ0v) is 18.1. The van der Waals surface area contributed by atoms with Gasteiger partial charge < -0.3 is 15.5 Å². The van der Waals surface area contributed by atoms with Gasteiger partial charge in [0.2, 0.25) is 5.89 Å². The lowest BCUT2D eigenvalue weighted by molar-refractivity contribution is 0.0932. The molecular weight excluding hydrogens is 428 g/mol. The normalized spacial score (nSPS) is 14.8. The summed E-state index contributed by atoms with van der Waals surface area (Å²) in [6.07, 6.45) is 6.48. The molecule has 3 N–H and O–H groups in total. The number of amides is 1. The van der Waals surface area contributed by atoms with Gasteiger partial charge >= 0.3 is 0 Å². The van der Waals surface area contributed by atoms with Crippen LogP contribution in [0.5, 0.6) is 0 Å². The van der Waals surface area contributed by atoms with Crippen molar-refractivity contribution < 1.29 is 9.21 Å². The first-order valence-corrected chi connectivity index (χ1v) is 11.0. The number of fused-ring (bicyclic) bond motifs is 2. The quantitative estimate of drug-likeness (QED) is 0.419. The summed E-state index contributed by atoms with van der Waals surface area (Å²) in [5, 5.41) is 4.02. The lowest BCUT2D eigenvalue weighted by Crippen LogP contribution is -2.29. The van der Waals surface area contributed by atoms with Crippen molar-refractivity contribution in [2.24, 2.45) is 0 Å². The van der Waals surface area contributed by atoms with Gasteiger partial charge in [-0.3, -0.25) is 9.78 Å². The monoisotopic (exact) mass is 448 g/mol. The third-order valence-corrected chi connectivity index (χ3v) is 6.09. The number of aromatic nitrogens is 4. The third-order valence-electron chi connectivity index (χ3n) is 6.09. The standard InChI is InChI=1S/C26H20N6O2/c27-24-23(25(33)30-20-10-7-15-4-1-2-6-18(15)20)31-21(22(32-24)26-29-12-13-34-26)17-8-9-19-16(14-17)5-3-11-28-19/h1-6,8-9,11-14,20H,7,10H2,(H2,27,32)(H,30,33)/t20-/m0/s1. The molecule has 166 valence electrons. The van der Waals surface area contributed by atoms with Crippen LogP contribution in [0.3, 0.4) is 0 Å². The topological polar surface area (TPSA) is 120 Å². The van der Waals surface area contributed by atoms with E-state index < -0.39 is 0 Å². The number of carbonyl (C=O) groups excluding carboxylic acids is 1. The SMILES string of the molecule is Nc1nc(-c2ncco2)c(-c2ccc3ncccc3c2)nc1C(=O)N[C@H]1CCc2ccccc21. The highest BCUT2D eigenvalue weighted by atomic mass is 16.3. The van der Waals surface area contributed by atoms with Gasteiger partial charge in [-0.15, -0.1) is 0 Å². The Labute approximate surface area is 194 Å². The Morgan fingerprint density at radius 3 is 2.79 bits per heavy atom. The minimum Gasteiger partial charge on any atom is -0.443 e. The number of aryl methyl sites for hydroxylation is 1. The summed E-state index contributed by atoms with van der Waals surface area (Å²) >= 11 is 0. The van der Waals surface area contributed by atoms with Crippen molar-refractivity contribution >= 4 is 22.6 Å². The van der Waals surface area contributed by atoms with Crippen LogP contribution in [0.15, 0.2) is 77.7 Å². The van der Waals surface area contributed by atoms with Crippen molar-refractivity contribution in [3.8, 4) is 22.8 Å².